The van der Waals surface area contributed by atoms with Crippen LogP contribution in [0, 0.1) is 18.6 Å². The molecule has 0 radical (unpaired) electrons. The van der Waals surface area contributed by atoms with E-state index in [1.807, 2.05) is 25.1 Å². The summed E-state index contributed by atoms with van der Waals surface area (Å²) in [6.45, 7) is 2.36. The van der Waals surface area contributed by atoms with Gasteiger partial charge in [0.25, 0.3) is 0 Å². The second-order valence-corrected chi connectivity index (χ2v) is 4.33. The molecule has 2 N–H and O–H groups in total. The number of hydrogen-bond acceptors (Lipinski definition) is 2. The summed E-state index contributed by atoms with van der Waals surface area (Å²) in [5, 5.41) is 0. The molecule has 0 saturated heterocycles. The Morgan fingerprint density at radius 2 is 1.79 bits per heavy atom. The van der Waals surface area contributed by atoms with Crippen LogP contribution < -0.4 is 10.5 Å². The molecular formula is C15H15F2NO. The van der Waals surface area contributed by atoms with Crippen LogP contribution in [0.3, 0.4) is 0 Å². The van der Waals surface area contributed by atoms with E-state index in [2.05, 4.69) is 0 Å². The Morgan fingerprint density at radius 3 is 2.42 bits per heavy atom. The summed E-state index contributed by atoms with van der Waals surface area (Å²) in [5.74, 6) is -0.542. The molecule has 2 aromatic carbocycles. The fourth-order valence-electron chi connectivity index (χ4n) is 1.93. The molecule has 0 aliphatic carbocycles. The topological polar surface area (TPSA) is 35.2 Å². The van der Waals surface area contributed by atoms with Gasteiger partial charge in [-0.2, -0.15) is 0 Å². The minimum absolute atomic E-state index is 0.104. The maximum absolute atomic E-state index is 13.1. The molecule has 2 aromatic rings. The zero-order chi connectivity index (χ0) is 13.8. The molecule has 0 atom stereocenters. The van der Waals surface area contributed by atoms with Crippen LogP contribution in [0.15, 0.2) is 36.4 Å². The fraction of sp³-hybridized carbons (Fsp3) is 0.200. The Hall–Kier alpha value is -1.94. The van der Waals surface area contributed by atoms with Crippen LogP contribution in [-0.2, 0) is 13.2 Å². The van der Waals surface area contributed by atoms with Gasteiger partial charge in [-0.25, -0.2) is 8.78 Å². The number of benzene rings is 2. The summed E-state index contributed by atoms with van der Waals surface area (Å²) in [6, 6.07) is 9.01. The van der Waals surface area contributed by atoms with Gasteiger partial charge in [0, 0.05) is 18.2 Å². The summed E-state index contributed by atoms with van der Waals surface area (Å²) >= 11 is 0. The van der Waals surface area contributed by atoms with Crippen molar-refractivity contribution in [3.05, 3.63) is 64.7 Å². The van der Waals surface area contributed by atoms with Gasteiger partial charge in [0.05, 0.1) is 0 Å². The predicted molar refractivity (Wildman–Crippen MR) is 69.8 cm³/mol. The SMILES string of the molecule is Cc1cccc(CN)c1OCc1cc(F)cc(F)c1. The monoisotopic (exact) mass is 263 g/mol. The lowest BCUT2D eigenvalue weighted by Crippen LogP contribution is -2.04. The fourth-order valence-corrected chi connectivity index (χ4v) is 1.93. The zero-order valence-electron chi connectivity index (χ0n) is 10.6. The molecule has 100 valence electrons. The molecular weight excluding hydrogens is 248 g/mol. The number of aryl methyl sites for hydroxylation is 1. The molecule has 2 rings (SSSR count). The van der Waals surface area contributed by atoms with E-state index in [0.29, 0.717) is 17.9 Å². The molecule has 0 aliphatic heterocycles. The second kappa shape index (κ2) is 5.80. The van der Waals surface area contributed by atoms with Gasteiger partial charge in [0.2, 0.25) is 0 Å². The van der Waals surface area contributed by atoms with E-state index < -0.39 is 11.6 Å². The van der Waals surface area contributed by atoms with E-state index in [1.165, 1.54) is 12.1 Å². The lowest BCUT2D eigenvalue weighted by atomic mass is 10.1. The third-order valence-corrected chi connectivity index (χ3v) is 2.82. The van der Waals surface area contributed by atoms with Gasteiger partial charge in [-0.15, -0.1) is 0 Å². The van der Waals surface area contributed by atoms with E-state index in [0.717, 1.165) is 17.2 Å². The predicted octanol–water partition coefficient (Wildman–Crippen LogP) is 3.31. The first-order valence-corrected chi connectivity index (χ1v) is 5.96. The number of ether oxygens (including phenoxy) is 1. The minimum Gasteiger partial charge on any atom is -0.488 e. The third-order valence-electron chi connectivity index (χ3n) is 2.82. The Kier molecular flexibility index (Phi) is 4.12. The van der Waals surface area contributed by atoms with E-state index >= 15 is 0 Å². The first kappa shape index (κ1) is 13.5. The molecule has 0 aromatic heterocycles. The Morgan fingerprint density at radius 1 is 1.11 bits per heavy atom. The number of halogens is 2. The van der Waals surface area contributed by atoms with E-state index in [4.69, 9.17) is 10.5 Å². The van der Waals surface area contributed by atoms with Gasteiger partial charge in [0.1, 0.15) is 24.0 Å². The van der Waals surface area contributed by atoms with Crippen LogP contribution in [-0.4, -0.2) is 0 Å². The standard InChI is InChI=1S/C15H15F2NO/c1-10-3-2-4-12(8-18)15(10)19-9-11-5-13(16)7-14(17)6-11/h2-7H,8-9,18H2,1H3. The van der Waals surface area contributed by atoms with Gasteiger partial charge in [0.15, 0.2) is 0 Å². The summed E-state index contributed by atoms with van der Waals surface area (Å²) in [7, 11) is 0. The van der Waals surface area contributed by atoms with Gasteiger partial charge < -0.3 is 10.5 Å². The molecule has 0 aliphatic rings. The largest absolute Gasteiger partial charge is 0.488 e. The molecule has 0 fully saturated rings. The van der Waals surface area contributed by atoms with Crippen molar-refractivity contribution in [3.63, 3.8) is 0 Å². The zero-order valence-corrected chi connectivity index (χ0v) is 10.6. The molecule has 0 heterocycles. The summed E-state index contributed by atoms with van der Waals surface area (Å²) in [5.41, 5.74) is 7.90. The highest BCUT2D eigenvalue weighted by molar-refractivity contribution is 5.40. The quantitative estimate of drug-likeness (QED) is 0.918. The Labute approximate surface area is 110 Å². The van der Waals surface area contributed by atoms with Crippen LogP contribution in [0.4, 0.5) is 8.78 Å². The summed E-state index contributed by atoms with van der Waals surface area (Å²) < 4.78 is 31.8. The highest BCUT2D eigenvalue weighted by Crippen LogP contribution is 2.24. The molecule has 0 spiro atoms. The highest BCUT2D eigenvalue weighted by atomic mass is 19.1. The van der Waals surface area contributed by atoms with Crippen molar-refractivity contribution in [1.29, 1.82) is 0 Å². The van der Waals surface area contributed by atoms with Crippen LogP contribution in [0.1, 0.15) is 16.7 Å². The van der Waals surface area contributed by atoms with Crippen LogP contribution in [0.5, 0.6) is 5.75 Å². The second-order valence-electron chi connectivity index (χ2n) is 4.33. The highest BCUT2D eigenvalue weighted by Gasteiger charge is 2.07. The molecule has 19 heavy (non-hydrogen) atoms. The maximum atomic E-state index is 13.1. The van der Waals surface area contributed by atoms with Crippen molar-refractivity contribution in [2.45, 2.75) is 20.1 Å². The van der Waals surface area contributed by atoms with Crippen LogP contribution in [0.25, 0.3) is 0 Å². The lowest BCUT2D eigenvalue weighted by Gasteiger charge is -2.13. The first-order valence-electron chi connectivity index (χ1n) is 5.96. The average Bonchev–Trinajstić information content (AvgIpc) is 2.36. The van der Waals surface area contributed by atoms with Crippen LogP contribution >= 0.6 is 0 Å². The van der Waals surface area contributed by atoms with Gasteiger partial charge in [-0.1, -0.05) is 18.2 Å². The van der Waals surface area contributed by atoms with Crippen molar-refractivity contribution in [3.8, 4) is 5.75 Å². The van der Waals surface area contributed by atoms with Crippen molar-refractivity contribution in [2.24, 2.45) is 5.73 Å². The maximum Gasteiger partial charge on any atom is 0.127 e. The number of hydrogen-bond donors (Lipinski definition) is 1. The third kappa shape index (κ3) is 3.29. The molecule has 0 bridgehead atoms. The van der Waals surface area contributed by atoms with Crippen molar-refractivity contribution < 1.29 is 13.5 Å². The number of para-hydroxylation sites is 1. The van der Waals surface area contributed by atoms with E-state index in [1.54, 1.807) is 0 Å². The summed E-state index contributed by atoms with van der Waals surface area (Å²) in [6.07, 6.45) is 0. The molecule has 4 heteroatoms. The molecule has 2 nitrogen and oxygen atoms in total. The van der Waals surface area contributed by atoms with E-state index in [-0.39, 0.29) is 6.61 Å². The number of rotatable bonds is 4. The van der Waals surface area contributed by atoms with Gasteiger partial charge in [-0.3, -0.25) is 0 Å². The Balaban J connectivity index is 2.18. The molecule has 0 amide bonds. The lowest BCUT2D eigenvalue weighted by molar-refractivity contribution is 0.299. The average molecular weight is 263 g/mol. The van der Waals surface area contributed by atoms with Crippen molar-refractivity contribution in [2.75, 3.05) is 0 Å². The summed E-state index contributed by atoms with van der Waals surface area (Å²) in [4.78, 5) is 0. The molecule has 0 saturated carbocycles. The minimum atomic E-state index is -0.609. The smallest absolute Gasteiger partial charge is 0.127 e. The van der Waals surface area contributed by atoms with Crippen molar-refractivity contribution in [1.82, 2.24) is 0 Å². The Bertz CT molecular complexity index is 564. The van der Waals surface area contributed by atoms with Gasteiger partial charge in [-0.05, 0) is 30.2 Å². The first-order chi connectivity index (χ1) is 9.10. The van der Waals surface area contributed by atoms with Gasteiger partial charge >= 0.3 is 0 Å². The normalized spacial score (nSPS) is 10.5. The number of nitrogens with two attached hydrogens (primary N) is 1. The van der Waals surface area contributed by atoms with Crippen molar-refractivity contribution >= 4 is 0 Å². The van der Waals surface area contributed by atoms with Crippen LogP contribution in [0.2, 0.25) is 0 Å². The van der Waals surface area contributed by atoms with E-state index in [9.17, 15) is 8.78 Å². The molecule has 0 unspecified atom stereocenters.